The van der Waals surface area contributed by atoms with Crippen molar-refractivity contribution in [1.82, 2.24) is 5.32 Å². The first-order chi connectivity index (χ1) is 8.54. The lowest BCUT2D eigenvalue weighted by Crippen LogP contribution is -2.39. The molecule has 2 heteroatoms. The Kier molecular flexibility index (Phi) is 3.22. The first-order valence-electron chi connectivity index (χ1n) is 7.86. The molecule has 0 aromatic rings. The van der Waals surface area contributed by atoms with Crippen molar-refractivity contribution >= 4 is 0 Å². The van der Waals surface area contributed by atoms with E-state index in [0.717, 1.165) is 25.0 Å². The summed E-state index contributed by atoms with van der Waals surface area (Å²) in [6.45, 7) is 10.8. The molecule has 2 saturated carbocycles. The standard InChI is InChI=1S/C16H29NO/c1-15(2)13-6-7-16(15,3)14(9-13)18-11-12-5-4-8-17-10-12/h12-14,17H,4-11H2,1-3H3. The molecule has 104 valence electrons. The third-order valence-electron chi connectivity index (χ3n) is 6.65. The largest absolute Gasteiger partial charge is 0.377 e. The minimum absolute atomic E-state index is 0.430. The Hall–Kier alpha value is -0.0800. The van der Waals surface area contributed by atoms with E-state index in [0.29, 0.717) is 16.9 Å². The summed E-state index contributed by atoms with van der Waals surface area (Å²) in [7, 11) is 0. The number of ether oxygens (including phenoxy) is 1. The summed E-state index contributed by atoms with van der Waals surface area (Å²) in [4.78, 5) is 0. The summed E-state index contributed by atoms with van der Waals surface area (Å²) in [5, 5.41) is 3.49. The van der Waals surface area contributed by atoms with Gasteiger partial charge in [-0.25, -0.2) is 0 Å². The van der Waals surface area contributed by atoms with Crippen LogP contribution in [0.1, 0.15) is 52.9 Å². The van der Waals surface area contributed by atoms with Gasteiger partial charge in [0.1, 0.15) is 0 Å². The van der Waals surface area contributed by atoms with Crippen LogP contribution in [0.25, 0.3) is 0 Å². The molecule has 2 nitrogen and oxygen atoms in total. The second-order valence-electron chi connectivity index (χ2n) is 7.64. The lowest BCUT2D eigenvalue weighted by atomic mass is 9.70. The van der Waals surface area contributed by atoms with Crippen LogP contribution in [0.2, 0.25) is 0 Å². The zero-order chi connectivity index (χ0) is 12.8. The highest BCUT2D eigenvalue weighted by atomic mass is 16.5. The molecule has 3 rings (SSSR count). The number of fused-ring (bicyclic) bond motifs is 2. The summed E-state index contributed by atoms with van der Waals surface area (Å²) in [6.07, 6.45) is 7.30. The van der Waals surface area contributed by atoms with Gasteiger partial charge in [0.2, 0.25) is 0 Å². The SMILES string of the molecule is CC1(C)C2CCC1(C)C(OCC1CCCNC1)C2. The van der Waals surface area contributed by atoms with E-state index in [4.69, 9.17) is 4.74 Å². The summed E-state index contributed by atoms with van der Waals surface area (Å²) in [5.41, 5.74) is 0.919. The maximum absolute atomic E-state index is 6.37. The molecule has 4 atom stereocenters. The zero-order valence-corrected chi connectivity index (χ0v) is 12.3. The van der Waals surface area contributed by atoms with Gasteiger partial charge in [-0.2, -0.15) is 0 Å². The maximum atomic E-state index is 6.37. The van der Waals surface area contributed by atoms with Crippen molar-refractivity contribution in [3.05, 3.63) is 0 Å². The van der Waals surface area contributed by atoms with Gasteiger partial charge in [0, 0.05) is 6.54 Å². The number of piperidine rings is 1. The number of hydrogen-bond donors (Lipinski definition) is 1. The van der Waals surface area contributed by atoms with Crippen molar-refractivity contribution in [2.75, 3.05) is 19.7 Å². The minimum Gasteiger partial charge on any atom is -0.377 e. The highest BCUT2D eigenvalue weighted by molar-refractivity contribution is 5.11. The average molecular weight is 251 g/mol. The van der Waals surface area contributed by atoms with E-state index in [1.807, 2.05) is 0 Å². The molecule has 0 spiro atoms. The molecule has 1 saturated heterocycles. The molecule has 2 aliphatic carbocycles. The molecule has 1 heterocycles. The predicted octanol–water partition coefficient (Wildman–Crippen LogP) is 3.22. The maximum Gasteiger partial charge on any atom is 0.0636 e. The van der Waals surface area contributed by atoms with Crippen LogP contribution in [0.4, 0.5) is 0 Å². The Morgan fingerprint density at radius 2 is 2.06 bits per heavy atom. The van der Waals surface area contributed by atoms with Crippen molar-refractivity contribution in [2.24, 2.45) is 22.7 Å². The van der Waals surface area contributed by atoms with Crippen LogP contribution in [0.15, 0.2) is 0 Å². The van der Waals surface area contributed by atoms with Gasteiger partial charge in [0.05, 0.1) is 12.7 Å². The third kappa shape index (κ3) is 1.84. The molecule has 0 radical (unpaired) electrons. The Bertz CT molecular complexity index is 308. The van der Waals surface area contributed by atoms with Crippen LogP contribution in [-0.2, 0) is 4.74 Å². The topological polar surface area (TPSA) is 21.3 Å². The molecule has 4 unspecified atom stereocenters. The first-order valence-corrected chi connectivity index (χ1v) is 7.86. The lowest BCUT2D eigenvalue weighted by molar-refractivity contribution is -0.0605. The first kappa shape index (κ1) is 12.9. The Morgan fingerprint density at radius 1 is 1.22 bits per heavy atom. The van der Waals surface area contributed by atoms with Gasteiger partial charge in [-0.05, 0) is 61.3 Å². The molecule has 1 aliphatic heterocycles. The molecule has 2 bridgehead atoms. The van der Waals surface area contributed by atoms with E-state index >= 15 is 0 Å². The van der Waals surface area contributed by atoms with E-state index in [9.17, 15) is 0 Å². The number of rotatable bonds is 3. The summed E-state index contributed by atoms with van der Waals surface area (Å²) in [5.74, 6) is 1.65. The van der Waals surface area contributed by atoms with Crippen LogP contribution in [0.3, 0.4) is 0 Å². The van der Waals surface area contributed by atoms with Gasteiger partial charge in [-0.3, -0.25) is 0 Å². The van der Waals surface area contributed by atoms with Crippen LogP contribution in [0, 0.1) is 22.7 Å². The van der Waals surface area contributed by atoms with E-state index < -0.39 is 0 Å². The van der Waals surface area contributed by atoms with E-state index in [1.165, 1.54) is 38.6 Å². The molecule has 3 fully saturated rings. The van der Waals surface area contributed by atoms with Crippen LogP contribution in [-0.4, -0.2) is 25.8 Å². The normalized spacial score (nSPS) is 46.5. The van der Waals surface area contributed by atoms with Crippen molar-refractivity contribution in [2.45, 2.75) is 59.0 Å². The monoisotopic (exact) mass is 251 g/mol. The second kappa shape index (κ2) is 4.49. The summed E-state index contributed by atoms with van der Waals surface area (Å²) in [6, 6.07) is 0. The van der Waals surface area contributed by atoms with Crippen molar-refractivity contribution < 1.29 is 4.74 Å². The van der Waals surface area contributed by atoms with E-state index in [2.05, 4.69) is 26.1 Å². The molecule has 18 heavy (non-hydrogen) atoms. The summed E-state index contributed by atoms with van der Waals surface area (Å²) >= 11 is 0. The van der Waals surface area contributed by atoms with Crippen molar-refractivity contribution in [3.63, 3.8) is 0 Å². The average Bonchev–Trinajstić information content (AvgIpc) is 2.70. The highest BCUT2D eigenvalue weighted by Crippen LogP contribution is 2.66. The second-order valence-corrected chi connectivity index (χ2v) is 7.64. The Balaban J connectivity index is 1.58. The van der Waals surface area contributed by atoms with Crippen molar-refractivity contribution in [3.8, 4) is 0 Å². The Labute approximate surface area is 112 Å². The predicted molar refractivity (Wildman–Crippen MR) is 74.6 cm³/mol. The fraction of sp³-hybridized carbons (Fsp3) is 1.00. The van der Waals surface area contributed by atoms with E-state index in [-0.39, 0.29) is 0 Å². The fourth-order valence-electron chi connectivity index (χ4n) is 4.70. The van der Waals surface area contributed by atoms with Crippen LogP contribution < -0.4 is 5.32 Å². The van der Waals surface area contributed by atoms with Gasteiger partial charge in [-0.1, -0.05) is 20.8 Å². The fourth-order valence-corrected chi connectivity index (χ4v) is 4.70. The molecular weight excluding hydrogens is 222 g/mol. The van der Waals surface area contributed by atoms with Crippen molar-refractivity contribution in [1.29, 1.82) is 0 Å². The quantitative estimate of drug-likeness (QED) is 0.831. The molecule has 3 aliphatic rings. The molecule has 0 amide bonds. The van der Waals surface area contributed by atoms with Crippen LogP contribution >= 0.6 is 0 Å². The molecule has 0 aromatic carbocycles. The molecule has 1 N–H and O–H groups in total. The minimum atomic E-state index is 0.430. The van der Waals surface area contributed by atoms with Crippen LogP contribution in [0.5, 0.6) is 0 Å². The number of hydrogen-bond acceptors (Lipinski definition) is 2. The van der Waals surface area contributed by atoms with Gasteiger partial charge in [0.25, 0.3) is 0 Å². The number of nitrogens with one attached hydrogen (secondary N) is 1. The lowest BCUT2D eigenvalue weighted by Gasteiger charge is -2.39. The van der Waals surface area contributed by atoms with Gasteiger partial charge < -0.3 is 10.1 Å². The summed E-state index contributed by atoms with van der Waals surface area (Å²) < 4.78 is 6.37. The van der Waals surface area contributed by atoms with E-state index in [1.54, 1.807) is 0 Å². The third-order valence-corrected chi connectivity index (χ3v) is 6.65. The van der Waals surface area contributed by atoms with Gasteiger partial charge in [0.15, 0.2) is 0 Å². The molecule has 0 aromatic heterocycles. The zero-order valence-electron chi connectivity index (χ0n) is 12.3. The highest BCUT2D eigenvalue weighted by Gasteiger charge is 2.61. The van der Waals surface area contributed by atoms with Gasteiger partial charge in [-0.15, -0.1) is 0 Å². The molecular formula is C16H29NO. The smallest absolute Gasteiger partial charge is 0.0636 e. The van der Waals surface area contributed by atoms with Gasteiger partial charge >= 0.3 is 0 Å². The Morgan fingerprint density at radius 3 is 2.61 bits per heavy atom.